The van der Waals surface area contributed by atoms with Crippen LogP contribution in [-0.2, 0) is 0 Å². The van der Waals surface area contributed by atoms with Crippen LogP contribution < -0.4 is 5.32 Å². The normalized spacial score (nSPS) is 30.0. The zero-order chi connectivity index (χ0) is 8.82. The van der Waals surface area contributed by atoms with Crippen LogP contribution in [0, 0.1) is 10.8 Å². The first-order chi connectivity index (χ1) is 5.54. The molecule has 0 aromatic heterocycles. The second kappa shape index (κ2) is 2.41. The van der Waals surface area contributed by atoms with Crippen LogP contribution in [0.1, 0.15) is 26.2 Å². The Morgan fingerprint density at radius 1 is 1.33 bits per heavy atom. The molecule has 2 aliphatic rings. The van der Waals surface area contributed by atoms with Gasteiger partial charge in [-0.2, -0.15) is 0 Å². The zero-order valence-corrected chi connectivity index (χ0v) is 7.37. The first kappa shape index (κ1) is 8.42. The molecule has 0 radical (unpaired) electrons. The summed E-state index contributed by atoms with van der Waals surface area (Å²) in [6.45, 7) is 4.08. The van der Waals surface area contributed by atoms with Gasteiger partial charge in [0, 0.05) is 19.5 Å². The lowest BCUT2D eigenvalue weighted by Gasteiger charge is -2.60. The molecule has 1 nitrogen and oxygen atoms in total. The first-order valence-electron chi connectivity index (χ1n) is 4.53. The molecule has 1 N–H and O–H groups in total. The Hall–Kier alpha value is -0.180. The molecule has 1 heterocycles. The fraction of sp³-hybridized carbons (Fsp3) is 1.00. The summed E-state index contributed by atoms with van der Waals surface area (Å²) in [5.41, 5.74) is 0.361. The van der Waals surface area contributed by atoms with E-state index in [0.29, 0.717) is 5.41 Å². The number of hydrogen-bond donors (Lipinski definition) is 1. The maximum absolute atomic E-state index is 12.1. The molecule has 1 saturated carbocycles. The quantitative estimate of drug-likeness (QED) is 0.677. The maximum Gasteiger partial charge on any atom is 0.239 e. The molecule has 3 heteroatoms. The van der Waals surface area contributed by atoms with Crippen LogP contribution in [0.4, 0.5) is 8.78 Å². The Bertz CT molecular complexity index is 179. The summed E-state index contributed by atoms with van der Waals surface area (Å²) >= 11 is 0. The van der Waals surface area contributed by atoms with Crippen molar-refractivity contribution in [2.75, 3.05) is 13.1 Å². The van der Waals surface area contributed by atoms with Crippen LogP contribution in [0.5, 0.6) is 0 Å². The van der Waals surface area contributed by atoms with E-state index in [1.807, 2.05) is 6.92 Å². The lowest BCUT2D eigenvalue weighted by Crippen LogP contribution is -2.63. The van der Waals surface area contributed by atoms with Gasteiger partial charge < -0.3 is 5.32 Å². The van der Waals surface area contributed by atoms with Gasteiger partial charge in [-0.25, -0.2) is 8.78 Å². The van der Waals surface area contributed by atoms with Crippen molar-refractivity contribution in [2.45, 2.75) is 32.6 Å². The molecule has 1 aliphatic carbocycles. The third-order valence-corrected chi connectivity index (χ3v) is 3.25. The summed E-state index contributed by atoms with van der Waals surface area (Å²) in [5, 5.41) is 3.21. The van der Waals surface area contributed by atoms with Crippen molar-refractivity contribution in [1.29, 1.82) is 0 Å². The van der Waals surface area contributed by atoms with Gasteiger partial charge in [0.15, 0.2) is 0 Å². The van der Waals surface area contributed by atoms with Crippen LogP contribution in [0.25, 0.3) is 0 Å². The van der Waals surface area contributed by atoms with E-state index >= 15 is 0 Å². The summed E-state index contributed by atoms with van der Waals surface area (Å²) in [5.74, 6) is 0. The van der Waals surface area contributed by atoms with Crippen molar-refractivity contribution in [1.82, 2.24) is 5.32 Å². The average molecular weight is 175 g/mol. The zero-order valence-electron chi connectivity index (χ0n) is 7.37. The number of halogens is 2. The average Bonchev–Trinajstić information content (AvgIpc) is 1.76. The van der Waals surface area contributed by atoms with Crippen molar-refractivity contribution < 1.29 is 8.78 Å². The van der Waals surface area contributed by atoms with Crippen LogP contribution in [0.15, 0.2) is 0 Å². The number of rotatable bonds is 2. The molecule has 1 aliphatic heterocycles. The molecular weight excluding hydrogens is 160 g/mol. The highest BCUT2D eigenvalue weighted by Gasteiger charge is 2.55. The molecule has 0 aromatic rings. The molecule has 2 rings (SSSR count). The summed E-state index contributed by atoms with van der Waals surface area (Å²) in [6, 6.07) is 0. The highest BCUT2D eigenvalue weighted by Crippen LogP contribution is 2.58. The Kier molecular flexibility index (Phi) is 1.69. The Morgan fingerprint density at radius 3 is 2.25 bits per heavy atom. The summed E-state index contributed by atoms with van der Waals surface area (Å²) in [7, 11) is 0. The van der Waals surface area contributed by atoms with E-state index in [-0.39, 0.29) is 11.8 Å². The molecule has 0 aromatic carbocycles. The topological polar surface area (TPSA) is 12.0 Å². The molecule has 0 bridgehead atoms. The standard InChI is InChI=1S/C9H15F2N/c1-8(2-7(10)11)3-9(4-8)5-12-6-9/h7,12H,2-6H2,1H3. The summed E-state index contributed by atoms with van der Waals surface area (Å²) in [4.78, 5) is 0. The van der Waals surface area contributed by atoms with Crippen molar-refractivity contribution >= 4 is 0 Å². The predicted molar refractivity (Wildman–Crippen MR) is 43.3 cm³/mol. The molecule has 1 spiro atoms. The van der Waals surface area contributed by atoms with Crippen molar-refractivity contribution in [3.05, 3.63) is 0 Å². The van der Waals surface area contributed by atoms with Gasteiger partial charge in [0.25, 0.3) is 0 Å². The van der Waals surface area contributed by atoms with E-state index in [0.717, 1.165) is 25.9 Å². The highest BCUT2D eigenvalue weighted by atomic mass is 19.3. The van der Waals surface area contributed by atoms with Crippen LogP contribution in [0.3, 0.4) is 0 Å². The smallest absolute Gasteiger partial charge is 0.239 e. The van der Waals surface area contributed by atoms with E-state index < -0.39 is 6.43 Å². The maximum atomic E-state index is 12.1. The second-order valence-corrected chi connectivity index (χ2v) is 4.86. The molecule has 2 fully saturated rings. The van der Waals surface area contributed by atoms with Gasteiger partial charge in [-0.3, -0.25) is 0 Å². The van der Waals surface area contributed by atoms with E-state index in [9.17, 15) is 8.78 Å². The Morgan fingerprint density at radius 2 is 1.92 bits per heavy atom. The van der Waals surface area contributed by atoms with Crippen LogP contribution in [-0.4, -0.2) is 19.5 Å². The third-order valence-electron chi connectivity index (χ3n) is 3.25. The molecular formula is C9H15F2N. The molecule has 12 heavy (non-hydrogen) atoms. The third kappa shape index (κ3) is 1.24. The van der Waals surface area contributed by atoms with Gasteiger partial charge in [-0.15, -0.1) is 0 Å². The van der Waals surface area contributed by atoms with E-state index in [2.05, 4.69) is 5.32 Å². The number of nitrogens with one attached hydrogen (secondary N) is 1. The van der Waals surface area contributed by atoms with Gasteiger partial charge in [-0.1, -0.05) is 6.92 Å². The molecule has 70 valence electrons. The summed E-state index contributed by atoms with van der Waals surface area (Å²) in [6.07, 6.45) is -0.0379. The molecule has 0 atom stereocenters. The minimum absolute atomic E-state index is 0.0593. The molecule has 1 saturated heterocycles. The minimum atomic E-state index is -2.12. The second-order valence-electron chi connectivity index (χ2n) is 4.86. The van der Waals surface area contributed by atoms with Crippen molar-refractivity contribution in [2.24, 2.45) is 10.8 Å². The molecule has 0 amide bonds. The molecule has 0 unspecified atom stereocenters. The van der Waals surface area contributed by atoms with Gasteiger partial charge in [0.1, 0.15) is 0 Å². The SMILES string of the molecule is CC1(CC(F)F)CC2(CNC2)C1. The van der Waals surface area contributed by atoms with Gasteiger partial charge in [0.2, 0.25) is 6.43 Å². The van der Waals surface area contributed by atoms with Gasteiger partial charge in [-0.05, 0) is 23.7 Å². The number of alkyl halides is 2. The summed E-state index contributed by atoms with van der Waals surface area (Å²) < 4.78 is 24.2. The number of hydrogen-bond acceptors (Lipinski definition) is 1. The lowest BCUT2D eigenvalue weighted by molar-refractivity contribution is -0.0935. The van der Waals surface area contributed by atoms with Crippen molar-refractivity contribution in [3.63, 3.8) is 0 Å². The largest absolute Gasteiger partial charge is 0.316 e. The monoisotopic (exact) mass is 175 g/mol. The minimum Gasteiger partial charge on any atom is -0.316 e. The van der Waals surface area contributed by atoms with Gasteiger partial charge >= 0.3 is 0 Å². The lowest BCUT2D eigenvalue weighted by atomic mass is 9.50. The van der Waals surface area contributed by atoms with Gasteiger partial charge in [0.05, 0.1) is 0 Å². The van der Waals surface area contributed by atoms with Crippen molar-refractivity contribution in [3.8, 4) is 0 Å². The Balaban J connectivity index is 1.84. The fourth-order valence-corrected chi connectivity index (χ4v) is 3.00. The fourth-order valence-electron chi connectivity index (χ4n) is 3.00. The van der Waals surface area contributed by atoms with E-state index in [1.165, 1.54) is 0 Å². The van der Waals surface area contributed by atoms with E-state index in [4.69, 9.17) is 0 Å². The Labute approximate surface area is 71.5 Å². The highest BCUT2D eigenvalue weighted by molar-refractivity contribution is 5.07. The predicted octanol–water partition coefficient (Wildman–Crippen LogP) is 2.03. The van der Waals surface area contributed by atoms with E-state index in [1.54, 1.807) is 0 Å². The van der Waals surface area contributed by atoms with Crippen LogP contribution in [0.2, 0.25) is 0 Å². The first-order valence-corrected chi connectivity index (χ1v) is 4.53. The van der Waals surface area contributed by atoms with Crippen LogP contribution >= 0.6 is 0 Å².